The molecule has 0 heterocycles. The van der Waals surface area contributed by atoms with Crippen LogP contribution in [0.2, 0.25) is 0 Å². The molecule has 0 saturated carbocycles. The fourth-order valence-corrected chi connectivity index (χ4v) is 2.91. The highest BCUT2D eigenvalue weighted by Crippen LogP contribution is 2.32. The predicted molar refractivity (Wildman–Crippen MR) is 79.2 cm³/mol. The van der Waals surface area contributed by atoms with Gasteiger partial charge in [-0.05, 0) is 42.5 Å². The second-order valence-electron chi connectivity index (χ2n) is 4.93. The number of hydrogen-bond acceptors (Lipinski definition) is 3. The Bertz CT molecular complexity index is 516. The third-order valence-electron chi connectivity index (χ3n) is 3.53. The van der Waals surface area contributed by atoms with Crippen molar-refractivity contribution in [2.45, 2.75) is 38.1 Å². The van der Waals surface area contributed by atoms with Gasteiger partial charge < -0.3 is 10.1 Å². The van der Waals surface area contributed by atoms with Gasteiger partial charge in [-0.3, -0.25) is 9.59 Å². The summed E-state index contributed by atoms with van der Waals surface area (Å²) in [6.07, 6.45) is 3.10. The maximum atomic E-state index is 11.9. The summed E-state index contributed by atoms with van der Waals surface area (Å²) in [5, 5.41) is 3.04. The van der Waals surface area contributed by atoms with E-state index >= 15 is 0 Å². The molecular formula is C15H18BrNO3. The fraction of sp³-hybridized carbons (Fsp3) is 0.467. The first-order chi connectivity index (χ1) is 9.60. The van der Waals surface area contributed by atoms with Gasteiger partial charge in [0.05, 0.1) is 13.2 Å². The van der Waals surface area contributed by atoms with Crippen LogP contribution in [0.1, 0.15) is 42.9 Å². The van der Waals surface area contributed by atoms with Gasteiger partial charge in [0.25, 0.3) is 0 Å². The summed E-state index contributed by atoms with van der Waals surface area (Å²) >= 11 is 3.46. The highest BCUT2D eigenvalue weighted by atomic mass is 79.9. The van der Waals surface area contributed by atoms with Crippen molar-refractivity contribution >= 4 is 27.8 Å². The number of benzene rings is 1. The first-order valence-corrected chi connectivity index (χ1v) is 7.54. The lowest BCUT2D eigenvalue weighted by Crippen LogP contribution is -2.26. The van der Waals surface area contributed by atoms with Gasteiger partial charge in [0.15, 0.2) is 0 Å². The summed E-state index contributed by atoms with van der Waals surface area (Å²) < 4.78 is 5.62. The number of halogens is 1. The summed E-state index contributed by atoms with van der Waals surface area (Å²) in [6.45, 7) is 0. The van der Waals surface area contributed by atoms with Crippen LogP contribution >= 0.6 is 15.9 Å². The minimum atomic E-state index is -0.270. The topological polar surface area (TPSA) is 55.4 Å². The van der Waals surface area contributed by atoms with Crippen molar-refractivity contribution in [3.8, 4) is 0 Å². The van der Waals surface area contributed by atoms with Crippen LogP contribution in [0.4, 0.5) is 0 Å². The molecule has 1 aromatic rings. The number of rotatable bonds is 5. The van der Waals surface area contributed by atoms with Crippen LogP contribution in [-0.4, -0.2) is 19.0 Å². The molecule has 108 valence electrons. The average Bonchev–Trinajstić information content (AvgIpc) is 2.80. The van der Waals surface area contributed by atoms with Crippen LogP contribution in [0.5, 0.6) is 0 Å². The molecule has 1 atom stereocenters. The third kappa shape index (κ3) is 3.82. The second-order valence-corrected chi connectivity index (χ2v) is 5.85. The van der Waals surface area contributed by atoms with Crippen LogP contribution in [0, 0.1) is 0 Å². The number of ether oxygens (including phenoxy) is 1. The molecule has 0 unspecified atom stereocenters. The lowest BCUT2D eigenvalue weighted by molar-refractivity contribution is -0.140. The third-order valence-corrected chi connectivity index (χ3v) is 4.02. The zero-order valence-electron chi connectivity index (χ0n) is 11.4. The van der Waals surface area contributed by atoms with Crippen LogP contribution in [0.15, 0.2) is 22.7 Å². The Balaban J connectivity index is 1.83. The van der Waals surface area contributed by atoms with Crippen molar-refractivity contribution in [2.75, 3.05) is 7.11 Å². The van der Waals surface area contributed by atoms with Crippen LogP contribution in [-0.2, 0) is 20.7 Å². The molecule has 2 rings (SSSR count). The lowest BCUT2D eigenvalue weighted by atomic mass is 10.1. The normalized spacial score (nSPS) is 16.6. The summed E-state index contributed by atoms with van der Waals surface area (Å²) in [5.74, 6) is -0.275. The van der Waals surface area contributed by atoms with Gasteiger partial charge in [-0.15, -0.1) is 0 Å². The van der Waals surface area contributed by atoms with E-state index < -0.39 is 0 Å². The molecule has 0 aromatic heterocycles. The first kappa shape index (κ1) is 15.0. The lowest BCUT2D eigenvalue weighted by Gasteiger charge is -2.14. The smallest absolute Gasteiger partial charge is 0.305 e. The Morgan fingerprint density at radius 1 is 1.40 bits per heavy atom. The zero-order valence-corrected chi connectivity index (χ0v) is 13.0. The highest BCUT2D eigenvalue weighted by molar-refractivity contribution is 9.10. The van der Waals surface area contributed by atoms with Gasteiger partial charge in [0.1, 0.15) is 0 Å². The van der Waals surface area contributed by atoms with Gasteiger partial charge >= 0.3 is 5.97 Å². The Labute approximate surface area is 127 Å². The van der Waals surface area contributed by atoms with E-state index in [9.17, 15) is 9.59 Å². The van der Waals surface area contributed by atoms with Crippen molar-refractivity contribution in [3.63, 3.8) is 0 Å². The molecule has 0 fully saturated rings. The van der Waals surface area contributed by atoms with Gasteiger partial charge in [0, 0.05) is 17.3 Å². The van der Waals surface area contributed by atoms with Crippen molar-refractivity contribution in [1.29, 1.82) is 0 Å². The summed E-state index contributed by atoms with van der Waals surface area (Å²) in [6, 6.07) is 6.27. The summed E-state index contributed by atoms with van der Waals surface area (Å²) in [4.78, 5) is 22.8. The van der Waals surface area contributed by atoms with Gasteiger partial charge in [-0.1, -0.05) is 22.0 Å². The standard InChI is InChI=1S/C15H18BrNO3/c1-20-15(19)4-2-3-14(18)17-13-8-5-10-9-11(16)6-7-12(10)13/h6-7,9,13H,2-5,8H2,1H3,(H,17,18)/t13-/m0/s1. The molecule has 4 nitrogen and oxygen atoms in total. The van der Waals surface area contributed by atoms with E-state index in [4.69, 9.17) is 0 Å². The van der Waals surface area contributed by atoms with Crippen molar-refractivity contribution < 1.29 is 14.3 Å². The Hall–Kier alpha value is -1.36. The monoisotopic (exact) mass is 339 g/mol. The summed E-state index contributed by atoms with van der Waals surface area (Å²) in [7, 11) is 1.36. The number of esters is 1. The molecule has 20 heavy (non-hydrogen) atoms. The number of hydrogen-bond donors (Lipinski definition) is 1. The average molecular weight is 340 g/mol. The maximum Gasteiger partial charge on any atom is 0.305 e. The Morgan fingerprint density at radius 3 is 2.95 bits per heavy atom. The second kappa shape index (κ2) is 6.88. The molecule has 1 aliphatic rings. The highest BCUT2D eigenvalue weighted by Gasteiger charge is 2.23. The molecule has 1 N–H and O–H groups in total. The quantitative estimate of drug-likeness (QED) is 0.839. The van der Waals surface area contributed by atoms with Crippen LogP contribution in [0.3, 0.4) is 0 Å². The van der Waals surface area contributed by atoms with E-state index in [1.54, 1.807) is 0 Å². The Morgan fingerprint density at radius 2 is 2.20 bits per heavy atom. The van der Waals surface area contributed by atoms with Crippen molar-refractivity contribution in [1.82, 2.24) is 5.32 Å². The molecule has 0 bridgehead atoms. The SMILES string of the molecule is COC(=O)CCCC(=O)N[C@H]1CCc2cc(Br)ccc21. The molecule has 0 spiro atoms. The maximum absolute atomic E-state index is 11.9. The molecule has 5 heteroatoms. The molecule has 0 saturated heterocycles. The number of fused-ring (bicyclic) bond motifs is 1. The Kier molecular flexibility index (Phi) is 5.17. The van der Waals surface area contributed by atoms with E-state index in [0.29, 0.717) is 12.8 Å². The number of amides is 1. The molecule has 0 radical (unpaired) electrons. The number of methoxy groups -OCH3 is 1. The van der Waals surface area contributed by atoms with E-state index in [0.717, 1.165) is 17.3 Å². The van der Waals surface area contributed by atoms with E-state index in [1.807, 2.05) is 6.07 Å². The molecule has 0 aliphatic heterocycles. The van der Waals surface area contributed by atoms with Crippen molar-refractivity contribution in [3.05, 3.63) is 33.8 Å². The van der Waals surface area contributed by atoms with Gasteiger partial charge in [-0.2, -0.15) is 0 Å². The summed E-state index contributed by atoms with van der Waals surface area (Å²) in [5.41, 5.74) is 2.49. The predicted octanol–water partition coefficient (Wildman–Crippen LogP) is 2.90. The minimum Gasteiger partial charge on any atom is -0.469 e. The molecule has 1 aliphatic carbocycles. The van der Waals surface area contributed by atoms with Gasteiger partial charge in [0.2, 0.25) is 5.91 Å². The van der Waals surface area contributed by atoms with Crippen LogP contribution < -0.4 is 5.32 Å². The number of carbonyl (C=O) groups is 2. The molecule has 1 aromatic carbocycles. The zero-order chi connectivity index (χ0) is 14.5. The van der Waals surface area contributed by atoms with E-state index in [2.05, 4.69) is 38.1 Å². The molecule has 1 amide bonds. The number of nitrogens with one attached hydrogen (secondary N) is 1. The van der Waals surface area contributed by atoms with E-state index in [1.165, 1.54) is 18.2 Å². The largest absolute Gasteiger partial charge is 0.469 e. The van der Waals surface area contributed by atoms with Crippen molar-refractivity contribution in [2.24, 2.45) is 0 Å². The minimum absolute atomic E-state index is 0.00493. The van der Waals surface area contributed by atoms with Gasteiger partial charge in [-0.25, -0.2) is 0 Å². The number of carbonyl (C=O) groups excluding carboxylic acids is 2. The van der Waals surface area contributed by atoms with E-state index in [-0.39, 0.29) is 24.3 Å². The van der Waals surface area contributed by atoms with Crippen LogP contribution in [0.25, 0.3) is 0 Å². The number of aryl methyl sites for hydroxylation is 1. The first-order valence-electron chi connectivity index (χ1n) is 6.74. The fourth-order valence-electron chi connectivity index (χ4n) is 2.50. The molecular weight excluding hydrogens is 322 g/mol.